The number of ether oxygens (including phenoxy) is 1. The van der Waals surface area contributed by atoms with E-state index in [1.54, 1.807) is 0 Å². The first-order valence-electron chi connectivity index (χ1n) is 8.04. The van der Waals surface area contributed by atoms with E-state index in [9.17, 15) is 4.79 Å². The fraction of sp³-hybridized carbons (Fsp3) is 0.938. The third kappa shape index (κ3) is 4.37. The highest BCUT2D eigenvalue weighted by molar-refractivity contribution is 5.69. The van der Waals surface area contributed by atoms with Crippen molar-refractivity contribution in [1.29, 1.82) is 0 Å². The van der Waals surface area contributed by atoms with Gasteiger partial charge in [0, 0.05) is 18.5 Å². The van der Waals surface area contributed by atoms with Gasteiger partial charge in [-0.2, -0.15) is 0 Å². The molecule has 0 aromatic carbocycles. The highest BCUT2D eigenvalue weighted by Crippen LogP contribution is 2.40. The van der Waals surface area contributed by atoms with Gasteiger partial charge in [-0.3, -0.25) is 0 Å². The van der Waals surface area contributed by atoms with Gasteiger partial charge in [0.25, 0.3) is 0 Å². The largest absolute Gasteiger partial charge is 0.444 e. The van der Waals surface area contributed by atoms with Crippen LogP contribution in [0.5, 0.6) is 0 Å². The molecule has 2 heterocycles. The Morgan fingerprint density at radius 1 is 1.15 bits per heavy atom. The summed E-state index contributed by atoms with van der Waals surface area (Å²) in [5, 5.41) is 0. The van der Waals surface area contributed by atoms with Crippen LogP contribution in [0.4, 0.5) is 4.79 Å². The fourth-order valence-electron chi connectivity index (χ4n) is 2.88. The lowest BCUT2D eigenvalue weighted by atomic mass is 9.72. The average molecular weight is 284 g/mol. The molecule has 0 unspecified atom stereocenters. The zero-order chi connectivity index (χ0) is 15.4. The van der Waals surface area contributed by atoms with Crippen LogP contribution >= 0.6 is 0 Å². The van der Waals surface area contributed by atoms with Crippen molar-refractivity contribution in [2.45, 2.75) is 60.0 Å². The number of amides is 1. The second kappa shape index (κ2) is 6.79. The Bertz CT molecular complexity index is 307. The summed E-state index contributed by atoms with van der Waals surface area (Å²) in [5.74, 6) is 0. The van der Waals surface area contributed by atoms with E-state index in [1.165, 1.54) is 25.9 Å². The van der Waals surface area contributed by atoms with E-state index >= 15 is 0 Å². The third-order valence-electron chi connectivity index (χ3n) is 4.07. The van der Waals surface area contributed by atoms with Crippen molar-refractivity contribution in [2.24, 2.45) is 5.41 Å². The summed E-state index contributed by atoms with van der Waals surface area (Å²) in [6, 6.07) is 0. The fourth-order valence-corrected chi connectivity index (χ4v) is 2.88. The Morgan fingerprint density at radius 2 is 1.65 bits per heavy atom. The van der Waals surface area contributed by atoms with Gasteiger partial charge in [-0.15, -0.1) is 0 Å². The Balaban J connectivity index is 0.000000956. The van der Waals surface area contributed by atoms with Gasteiger partial charge in [-0.05, 0) is 53.2 Å². The van der Waals surface area contributed by atoms with E-state index in [0.717, 1.165) is 19.6 Å². The summed E-state index contributed by atoms with van der Waals surface area (Å²) in [6.07, 6.45) is 2.30. The lowest BCUT2D eigenvalue weighted by Gasteiger charge is -2.53. The molecular weight excluding hydrogens is 252 g/mol. The average Bonchev–Trinajstić information content (AvgIpc) is 2.36. The highest BCUT2D eigenvalue weighted by atomic mass is 16.6. The Labute approximate surface area is 124 Å². The van der Waals surface area contributed by atoms with Crippen molar-refractivity contribution >= 4 is 6.09 Å². The zero-order valence-electron chi connectivity index (χ0n) is 14.2. The molecule has 0 bridgehead atoms. The van der Waals surface area contributed by atoms with Gasteiger partial charge in [0.2, 0.25) is 0 Å². The minimum Gasteiger partial charge on any atom is -0.444 e. The summed E-state index contributed by atoms with van der Waals surface area (Å²) in [6.45, 7) is 17.2. The van der Waals surface area contributed by atoms with E-state index in [2.05, 4.69) is 11.8 Å². The number of carbonyl (C=O) groups is 1. The Kier molecular flexibility index (Phi) is 5.87. The molecule has 0 radical (unpaired) electrons. The Morgan fingerprint density at radius 3 is 2.05 bits per heavy atom. The van der Waals surface area contributed by atoms with Crippen molar-refractivity contribution in [3.05, 3.63) is 0 Å². The lowest BCUT2D eigenvalue weighted by molar-refractivity contribution is -0.0587. The molecular formula is C16H32N2O2. The summed E-state index contributed by atoms with van der Waals surface area (Å²) < 4.78 is 5.39. The molecule has 2 aliphatic rings. The van der Waals surface area contributed by atoms with Crippen molar-refractivity contribution < 1.29 is 9.53 Å². The minimum absolute atomic E-state index is 0.147. The maximum absolute atomic E-state index is 11.9. The number of piperidine rings is 1. The van der Waals surface area contributed by atoms with E-state index in [1.807, 2.05) is 39.5 Å². The van der Waals surface area contributed by atoms with Gasteiger partial charge in [-0.1, -0.05) is 20.8 Å². The van der Waals surface area contributed by atoms with E-state index in [0.29, 0.717) is 5.41 Å². The van der Waals surface area contributed by atoms with Crippen LogP contribution in [0.3, 0.4) is 0 Å². The van der Waals surface area contributed by atoms with Crippen LogP contribution in [0.1, 0.15) is 54.4 Å². The summed E-state index contributed by atoms with van der Waals surface area (Å²) in [7, 11) is 0. The molecule has 2 fully saturated rings. The van der Waals surface area contributed by atoms with E-state index < -0.39 is 0 Å². The van der Waals surface area contributed by atoms with Gasteiger partial charge >= 0.3 is 6.09 Å². The van der Waals surface area contributed by atoms with Crippen molar-refractivity contribution in [3.63, 3.8) is 0 Å². The van der Waals surface area contributed by atoms with Gasteiger partial charge < -0.3 is 14.5 Å². The molecule has 0 aromatic rings. The number of nitrogens with zero attached hydrogens (tertiary/aromatic N) is 2. The van der Waals surface area contributed by atoms with Gasteiger partial charge in [-0.25, -0.2) is 4.79 Å². The summed E-state index contributed by atoms with van der Waals surface area (Å²) >= 11 is 0. The summed E-state index contributed by atoms with van der Waals surface area (Å²) in [4.78, 5) is 16.2. The standard InChI is InChI=1S/C14H26N2O2.C2H6/c1-5-15-8-6-14(7-9-15)10-16(11-14)12(17)18-13(2,3)4;1-2/h5-11H2,1-4H3;1-2H3. The third-order valence-corrected chi connectivity index (χ3v) is 4.07. The van der Waals surface area contributed by atoms with Gasteiger partial charge in [0.15, 0.2) is 0 Å². The van der Waals surface area contributed by atoms with E-state index in [4.69, 9.17) is 4.74 Å². The molecule has 2 rings (SSSR count). The topological polar surface area (TPSA) is 32.8 Å². The van der Waals surface area contributed by atoms with Gasteiger partial charge in [0.05, 0.1) is 0 Å². The normalized spacial score (nSPS) is 21.8. The molecule has 0 aliphatic carbocycles. The number of likely N-dealkylation sites (tertiary alicyclic amines) is 2. The SMILES string of the molecule is CC.CCN1CCC2(CC1)CN(C(=O)OC(C)(C)C)C2. The monoisotopic (exact) mass is 284 g/mol. The molecule has 0 aromatic heterocycles. The van der Waals surface area contributed by atoms with Crippen molar-refractivity contribution in [3.8, 4) is 0 Å². The van der Waals surface area contributed by atoms with Crippen LogP contribution in [0.15, 0.2) is 0 Å². The molecule has 0 N–H and O–H groups in total. The van der Waals surface area contributed by atoms with Crippen molar-refractivity contribution in [1.82, 2.24) is 9.80 Å². The maximum atomic E-state index is 11.9. The highest BCUT2D eigenvalue weighted by Gasteiger charge is 2.47. The number of rotatable bonds is 1. The first-order chi connectivity index (χ1) is 9.34. The molecule has 4 heteroatoms. The van der Waals surface area contributed by atoms with Crippen LogP contribution in [-0.2, 0) is 4.74 Å². The number of hydrogen-bond acceptors (Lipinski definition) is 3. The second-order valence-electron chi connectivity index (χ2n) is 6.77. The number of carbonyl (C=O) groups excluding carboxylic acids is 1. The predicted molar refractivity (Wildman–Crippen MR) is 82.9 cm³/mol. The first-order valence-corrected chi connectivity index (χ1v) is 8.04. The quantitative estimate of drug-likeness (QED) is 0.740. The minimum atomic E-state index is -0.384. The van der Waals surface area contributed by atoms with Crippen LogP contribution in [-0.4, -0.2) is 54.2 Å². The molecule has 0 saturated carbocycles. The van der Waals surface area contributed by atoms with Crippen LogP contribution in [0, 0.1) is 5.41 Å². The van der Waals surface area contributed by atoms with Gasteiger partial charge in [0.1, 0.15) is 5.60 Å². The van der Waals surface area contributed by atoms with Crippen LogP contribution in [0.25, 0.3) is 0 Å². The molecule has 1 spiro atoms. The van der Waals surface area contributed by atoms with E-state index in [-0.39, 0.29) is 11.7 Å². The molecule has 4 nitrogen and oxygen atoms in total. The van der Waals surface area contributed by atoms with Crippen LogP contribution < -0.4 is 0 Å². The Hall–Kier alpha value is -0.770. The zero-order valence-corrected chi connectivity index (χ0v) is 14.2. The van der Waals surface area contributed by atoms with Crippen molar-refractivity contribution in [2.75, 3.05) is 32.7 Å². The maximum Gasteiger partial charge on any atom is 0.410 e. The summed E-state index contributed by atoms with van der Waals surface area (Å²) in [5.41, 5.74) is 0.00792. The molecule has 2 saturated heterocycles. The first kappa shape index (κ1) is 17.3. The smallest absolute Gasteiger partial charge is 0.410 e. The van der Waals surface area contributed by atoms with Crippen LogP contribution in [0.2, 0.25) is 0 Å². The second-order valence-corrected chi connectivity index (χ2v) is 6.77. The molecule has 20 heavy (non-hydrogen) atoms. The number of hydrogen-bond donors (Lipinski definition) is 0. The molecule has 0 atom stereocenters. The molecule has 2 aliphatic heterocycles. The predicted octanol–water partition coefficient (Wildman–Crippen LogP) is 3.37. The molecule has 1 amide bonds. The molecule has 118 valence electrons. The lowest BCUT2D eigenvalue weighted by Crippen LogP contribution is -2.62.